The Morgan fingerprint density at radius 1 is 1.08 bits per heavy atom. The molecule has 0 amide bonds. The van der Waals surface area contributed by atoms with E-state index in [1.54, 1.807) is 5.11 Å². The van der Waals surface area contributed by atoms with E-state index in [0.717, 1.165) is 11.6 Å². The van der Waals surface area contributed by atoms with Gasteiger partial charge >= 0.3 is 82.4 Å². The van der Waals surface area contributed by atoms with Crippen LogP contribution >= 0.6 is 0 Å². The zero-order chi connectivity index (χ0) is 8.39. The van der Waals surface area contributed by atoms with E-state index in [1.165, 1.54) is 38.5 Å². The van der Waals surface area contributed by atoms with Gasteiger partial charge in [0, 0.05) is 0 Å². The molecule has 67 valence electrons. The summed E-state index contributed by atoms with van der Waals surface area (Å²) in [6.45, 7) is 0.519. The molecule has 0 saturated carbocycles. The van der Waals surface area contributed by atoms with Gasteiger partial charge in [-0.15, -0.1) is 0 Å². The van der Waals surface area contributed by atoms with Crippen LogP contribution in [0.3, 0.4) is 0 Å². The number of rotatable bonds is 2. The third-order valence-electron chi connectivity index (χ3n) is 3.43. The van der Waals surface area contributed by atoms with E-state index in [1.807, 2.05) is 0 Å². The van der Waals surface area contributed by atoms with Crippen molar-refractivity contribution in [1.82, 2.24) is 0 Å². The second-order valence-corrected chi connectivity index (χ2v) is 4.33. The number of fused-ring (bicyclic) bond motifs is 2. The summed E-state index contributed by atoms with van der Waals surface area (Å²) in [6, 6.07) is 0. The SMILES string of the molecule is [Fe+]=[CH]OB1C2CCCC1CCC2. The van der Waals surface area contributed by atoms with Crippen molar-refractivity contribution < 1.29 is 20.2 Å². The molecule has 2 heterocycles. The van der Waals surface area contributed by atoms with Gasteiger partial charge in [0.25, 0.3) is 0 Å². The summed E-state index contributed by atoms with van der Waals surface area (Å²) in [5.41, 5.74) is 0. The summed E-state index contributed by atoms with van der Waals surface area (Å²) in [6.07, 6.45) is 8.38. The van der Waals surface area contributed by atoms with Crippen LogP contribution in [0.2, 0.25) is 11.6 Å². The standard InChI is InChI=1S/C9H15BO.Fe/c1-11-10-8-4-2-5-9(10)7-3-6-8;/h1,8-9H,2-7H2;/q;+1. The summed E-state index contributed by atoms with van der Waals surface area (Å²) in [4.78, 5) is 0. The van der Waals surface area contributed by atoms with Crippen molar-refractivity contribution in [1.29, 1.82) is 0 Å². The zero-order valence-electron chi connectivity index (χ0n) is 7.31. The molecule has 0 aromatic rings. The summed E-state index contributed by atoms with van der Waals surface area (Å²) < 4.78 is 5.61. The maximum absolute atomic E-state index is 5.61. The van der Waals surface area contributed by atoms with E-state index in [9.17, 15) is 0 Å². The van der Waals surface area contributed by atoms with Gasteiger partial charge in [0.05, 0.1) is 0 Å². The van der Waals surface area contributed by atoms with Crippen molar-refractivity contribution >= 4 is 12.0 Å². The van der Waals surface area contributed by atoms with Crippen molar-refractivity contribution in [2.45, 2.75) is 50.2 Å². The molecular formula is C9H15BFeO+. The van der Waals surface area contributed by atoms with Gasteiger partial charge in [-0.2, -0.15) is 0 Å². The molecule has 0 aromatic heterocycles. The molecule has 0 N–H and O–H groups in total. The summed E-state index contributed by atoms with van der Waals surface area (Å²) in [5, 5.41) is 1.64. The predicted molar refractivity (Wildman–Crippen MR) is 48.1 cm³/mol. The van der Waals surface area contributed by atoms with E-state index >= 15 is 0 Å². The summed E-state index contributed by atoms with van der Waals surface area (Å²) >= 11 is 3.66. The molecule has 12 heavy (non-hydrogen) atoms. The van der Waals surface area contributed by atoms with E-state index in [0.29, 0.717) is 6.92 Å². The van der Waals surface area contributed by atoms with Crippen molar-refractivity contribution in [2.24, 2.45) is 0 Å². The molecule has 0 atom stereocenters. The van der Waals surface area contributed by atoms with Gasteiger partial charge in [-0.3, -0.25) is 0 Å². The van der Waals surface area contributed by atoms with Crippen LogP contribution in [0.25, 0.3) is 0 Å². The Balaban J connectivity index is 2.03. The van der Waals surface area contributed by atoms with Crippen molar-refractivity contribution in [3.05, 3.63) is 0 Å². The Bertz CT molecular complexity index is 152. The Kier molecular flexibility index (Phi) is 3.06. The van der Waals surface area contributed by atoms with Gasteiger partial charge < -0.3 is 0 Å². The monoisotopic (exact) mass is 206 g/mol. The Morgan fingerprint density at radius 2 is 1.58 bits per heavy atom. The first-order valence-electron chi connectivity index (χ1n) is 4.98. The minimum atomic E-state index is 0.519. The first-order valence-corrected chi connectivity index (χ1v) is 5.61. The average Bonchev–Trinajstić information content (AvgIpc) is 2.04. The van der Waals surface area contributed by atoms with Crippen LogP contribution in [0.1, 0.15) is 38.5 Å². The molecule has 1 nitrogen and oxygen atoms in total. The van der Waals surface area contributed by atoms with Gasteiger partial charge in [0.2, 0.25) is 0 Å². The van der Waals surface area contributed by atoms with E-state index in [2.05, 4.69) is 15.6 Å². The van der Waals surface area contributed by atoms with Gasteiger partial charge in [-0.05, 0) is 0 Å². The van der Waals surface area contributed by atoms with Crippen LogP contribution in [-0.4, -0.2) is 12.0 Å². The van der Waals surface area contributed by atoms with Crippen LogP contribution in [0, 0.1) is 0 Å². The van der Waals surface area contributed by atoms with Crippen LogP contribution in [-0.2, 0) is 20.2 Å². The Morgan fingerprint density at radius 3 is 2.00 bits per heavy atom. The molecule has 2 fully saturated rings. The first kappa shape index (κ1) is 8.99. The quantitative estimate of drug-likeness (QED) is 0.630. The van der Waals surface area contributed by atoms with Crippen LogP contribution in [0.4, 0.5) is 0 Å². The minimum absolute atomic E-state index is 0.519. The second-order valence-electron chi connectivity index (χ2n) is 4.07. The third kappa shape index (κ3) is 1.68. The maximum atomic E-state index is 5.61. The normalized spacial score (nSPS) is 34.8. The van der Waals surface area contributed by atoms with Gasteiger partial charge in [0.1, 0.15) is 0 Å². The molecule has 0 unspecified atom stereocenters. The summed E-state index contributed by atoms with van der Waals surface area (Å²) in [7, 11) is 0. The van der Waals surface area contributed by atoms with Gasteiger partial charge in [0.15, 0.2) is 0 Å². The van der Waals surface area contributed by atoms with Crippen molar-refractivity contribution in [3.8, 4) is 0 Å². The Labute approximate surface area is 82.7 Å². The van der Waals surface area contributed by atoms with Crippen LogP contribution < -0.4 is 0 Å². The predicted octanol–water partition coefficient (Wildman–Crippen LogP) is 2.41. The topological polar surface area (TPSA) is 9.23 Å². The molecule has 2 bridgehead atoms. The molecule has 2 rings (SSSR count). The first-order chi connectivity index (χ1) is 5.92. The van der Waals surface area contributed by atoms with E-state index < -0.39 is 0 Å². The van der Waals surface area contributed by atoms with Gasteiger partial charge in [-0.1, -0.05) is 0 Å². The molecule has 3 heteroatoms. The van der Waals surface area contributed by atoms with Crippen molar-refractivity contribution in [2.75, 3.05) is 0 Å². The molecule has 2 saturated heterocycles. The molecule has 0 radical (unpaired) electrons. The average molecular weight is 206 g/mol. The molecular weight excluding hydrogens is 191 g/mol. The molecule has 0 spiro atoms. The fraction of sp³-hybridized carbons (Fsp3) is 0.889. The fourth-order valence-corrected chi connectivity index (χ4v) is 3.07. The fourth-order valence-electron chi connectivity index (χ4n) is 2.89. The number of hydrogen-bond donors (Lipinski definition) is 0. The van der Waals surface area contributed by atoms with E-state index in [4.69, 9.17) is 4.65 Å². The molecule has 2 aliphatic rings. The number of hydrogen-bond acceptors (Lipinski definition) is 1. The molecule has 0 aliphatic carbocycles. The molecule has 2 aliphatic heterocycles. The Hall–Kier alpha value is 0.414. The van der Waals surface area contributed by atoms with Crippen LogP contribution in [0.5, 0.6) is 0 Å². The van der Waals surface area contributed by atoms with Gasteiger partial charge in [-0.25, -0.2) is 0 Å². The second kappa shape index (κ2) is 4.08. The van der Waals surface area contributed by atoms with Crippen molar-refractivity contribution in [3.63, 3.8) is 0 Å². The molecule has 0 aromatic carbocycles. The van der Waals surface area contributed by atoms with Crippen LogP contribution in [0.15, 0.2) is 0 Å². The van der Waals surface area contributed by atoms with E-state index in [-0.39, 0.29) is 0 Å². The summed E-state index contributed by atoms with van der Waals surface area (Å²) in [5.74, 6) is 1.69. The zero-order valence-corrected chi connectivity index (χ0v) is 8.42. The third-order valence-corrected chi connectivity index (χ3v) is 3.58.